The van der Waals surface area contributed by atoms with E-state index in [0.717, 1.165) is 0 Å². The second-order valence-corrected chi connectivity index (χ2v) is 5.79. The van der Waals surface area contributed by atoms with Gasteiger partial charge >= 0.3 is 5.97 Å². The summed E-state index contributed by atoms with van der Waals surface area (Å²) in [5.74, 6) is -2.11. The van der Waals surface area contributed by atoms with E-state index in [2.05, 4.69) is 5.32 Å². The smallest absolute Gasteiger partial charge is 0.337 e. The Morgan fingerprint density at radius 1 is 1.08 bits per heavy atom. The normalized spacial score (nSPS) is 10.3. The van der Waals surface area contributed by atoms with Crippen LogP contribution in [0.4, 0.5) is 10.1 Å². The fourth-order valence-corrected chi connectivity index (χ4v) is 2.66. The van der Waals surface area contributed by atoms with Gasteiger partial charge in [-0.3, -0.25) is 4.79 Å². The van der Waals surface area contributed by atoms with Crippen molar-refractivity contribution in [2.45, 2.75) is 6.92 Å². The number of halogens is 1. The number of aromatic carboxylic acids is 1. The van der Waals surface area contributed by atoms with Gasteiger partial charge in [0.25, 0.3) is 5.91 Å². The van der Waals surface area contributed by atoms with Gasteiger partial charge in [0.05, 0.1) is 22.9 Å². The summed E-state index contributed by atoms with van der Waals surface area (Å²) in [6, 6.07) is 13.6. The average molecular weight is 348 g/mol. The van der Waals surface area contributed by atoms with E-state index in [1.54, 1.807) is 25.1 Å². The number of nitrogens with zero attached hydrogens (tertiary/aromatic N) is 1. The summed E-state index contributed by atoms with van der Waals surface area (Å²) in [4.78, 5) is 24.0. The molecule has 0 aliphatic heterocycles. The number of fused-ring (bicyclic) bond motifs is 1. The maximum Gasteiger partial charge on any atom is 0.337 e. The zero-order valence-corrected chi connectivity index (χ0v) is 13.7. The summed E-state index contributed by atoms with van der Waals surface area (Å²) < 4.78 is 13.2. The number of aryl methyl sites for hydroxylation is 1. The number of carboxylic acid groups (broad SMARTS) is 1. The van der Waals surface area contributed by atoms with Crippen LogP contribution in [0.3, 0.4) is 0 Å². The highest BCUT2D eigenvalue weighted by Gasteiger charge is 2.16. The van der Waals surface area contributed by atoms with Crippen molar-refractivity contribution in [3.05, 3.63) is 76.6 Å². The SMILES string of the molecule is Cc1cc(NC(=O)c2ccc3cc(F)ccc3c2)c(C(=O)O)cc1C#N. The Morgan fingerprint density at radius 3 is 2.46 bits per heavy atom. The summed E-state index contributed by atoms with van der Waals surface area (Å²) >= 11 is 0. The molecule has 0 saturated heterocycles. The van der Waals surface area contributed by atoms with Gasteiger partial charge in [-0.05, 0) is 59.7 Å². The molecule has 0 aliphatic carbocycles. The molecule has 6 heteroatoms. The van der Waals surface area contributed by atoms with Gasteiger partial charge in [0.1, 0.15) is 5.82 Å². The molecule has 0 spiro atoms. The predicted molar refractivity (Wildman–Crippen MR) is 94.7 cm³/mol. The molecular weight excluding hydrogens is 335 g/mol. The topological polar surface area (TPSA) is 90.2 Å². The molecule has 0 aliphatic rings. The van der Waals surface area contributed by atoms with Crippen molar-refractivity contribution in [2.75, 3.05) is 5.32 Å². The highest BCUT2D eigenvalue weighted by molar-refractivity contribution is 6.09. The summed E-state index contributed by atoms with van der Waals surface area (Å²) in [6.45, 7) is 1.66. The average Bonchev–Trinajstić information content (AvgIpc) is 2.61. The molecule has 1 amide bonds. The van der Waals surface area contributed by atoms with Gasteiger partial charge in [0, 0.05) is 5.56 Å². The van der Waals surface area contributed by atoms with Crippen molar-refractivity contribution in [3.63, 3.8) is 0 Å². The molecule has 2 N–H and O–H groups in total. The third-order valence-electron chi connectivity index (χ3n) is 4.03. The number of carbonyl (C=O) groups is 2. The molecule has 0 radical (unpaired) electrons. The zero-order chi connectivity index (χ0) is 18.8. The van der Waals surface area contributed by atoms with Crippen molar-refractivity contribution >= 4 is 28.3 Å². The lowest BCUT2D eigenvalue weighted by Gasteiger charge is -2.11. The molecule has 5 nitrogen and oxygen atoms in total. The van der Waals surface area contributed by atoms with Crippen LogP contribution in [-0.2, 0) is 0 Å². The van der Waals surface area contributed by atoms with E-state index < -0.39 is 11.9 Å². The lowest BCUT2D eigenvalue weighted by molar-refractivity contribution is 0.0698. The van der Waals surface area contributed by atoms with Gasteiger partial charge in [-0.1, -0.05) is 12.1 Å². The van der Waals surface area contributed by atoms with Crippen LogP contribution in [0.2, 0.25) is 0 Å². The van der Waals surface area contributed by atoms with E-state index in [1.807, 2.05) is 6.07 Å². The van der Waals surface area contributed by atoms with E-state index in [-0.39, 0.29) is 22.6 Å². The number of benzene rings is 3. The minimum atomic E-state index is -1.24. The summed E-state index contributed by atoms with van der Waals surface area (Å²) in [7, 11) is 0. The molecule has 3 aromatic rings. The van der Waals surface area contributed by atoms with Crippen molar-refractivity contribution in [1.29, 1.82) is 5.26 Å². The highest BCUT2D eigenvalue weighted by Crippen LogP contribution is 2.23. The number of rotatable bonds is 3. The number of hydrogen-bond acceptors (Lipinski definition) is 3. The maximum absolute atomic E-state index is 13.2. The number of amides is 1. The van der Waals surface area contributed by atoms with E-state index in [4.69, 9.17) is 5.26 Å². The van der Waals surface area contributed by atoms with Crippen LogP contribution in [0.5, 0.6) is 0 Å². The first kappa shape index (κ1) is 17.1. The minimum absolute atomic E-state index is 0.109. The van der Waals surface area contributed by atoms with E-state index >= 15 is 0 Å². The monoisotopic (exact) mass is 348 g/mol. The molecule has 0 bridgehead atoms. The molecule has 128 valence electrons. The first-order chi connectivity index (χ1) is 12.4. The van der Waals surface area contributed by atoms with Crippen molar-refractivity contribution in [2.24, 2.45) is 0 Å². The molecule has 3 rings (SSSR count). The maximum atomic E-state index is 13.2. The molecule has 0 heterocycles. The standard InChI is InChI=1S/C20H13FN2O3/c1-11-6-18(17(20(25)26)9-15(11)10-22)23-19(24)14-3-2-13-8-16(21)5-4-12(13)7-14/h2-9H,1H3,(H,23,24)(H,25,26). The van der Waals surface area contributed by atoms with Crippen LogP contribution in [0.1, 0.15) is 31.8 Å². The number of anilines is 1. The Morgan fingerprint density at radius 2 is 1.77 bits per heavy atom. The quantitative estimate of drug-likeness (QED) is 0.745. The van der Waals surface area contributed by atoms with Gasteiger partial charge in [-0.25, -0.2) is 9.18 Å². The van der Waals surface area contributed by atoms with Crippen LogP contribution in [0, 0.1) is 24.1 Å². The molecule has 0 fully saturated rings. The van der Waals surface area contributed by atoms with Crippen LogP contribution < -0.4 is 5.32 Å². The minimum Gasteiger partial charge on any atom is -0.478 e. The second kappa shape index (κ2) is 6.65. The Bertz CT molecular complexity index is 1100. The van der Waals surface area contributed by atoms with Gasteiger partial charge in [0.15, 0.2) is 0 Å². The first-order valence-electron chi connectivity index (χ1n) is 7.68. The van der Waals surface area contributed by atoms with Crippen LogP contribution >= 0.6 is 0 Å². The van der Waals surface area contributed by atoms with E-state index in [1.165, 1.54) is 30.3 Å². The van der Waals surface area contributed by atoms with Crippen LogP contribution in [0.25, 0.3) is 10.8 Å². The Hall–Kier alpha value is -3.72. The fraction of sp³-hybridized carbons (Fsp3) is 0.0500. The molecule has 26 heavy (non-hydrogen) atoms. The number of carbonyl (C=O) groups excluding carboxylic acids is 1. The van der Waals surface area contributed by atoms with Crippen molar-refractivity contribution < 1.29 is 19.1 Å². The van der Waals surface area contributed by atoms with Crippen LogP contribution in [-0.4, -0.2) is 17.0 Å². The number of carboxylic acids is 1. The Balaban J connectivity index is 1.97. The largest absolute Gasteiger partial charge is 0.478 e. The third kappa shape index (κ3) is 3.23. The Labute approximate surface area is 148 Å². The van der Waals surface area contributed by atoms with Gasteiger partial charge in [0.2, 0.25) is 0 Å². The molecule has 3 aromatic carbocycles. The zero-order valence-electron chi connectivity index (χ0n) is 13.7. The van der Waals surface area contributed by atoms with Gasteiger partial charge in [-0.2, -0.15) is 5.26 Å². The molecule has 0 atom stereocenters. The van der Waals surface area contributed by atoms with Gasteiger partial charge < -0.3 is 10.4 Å². The first-order valence-corrected chi connectivity index (χ1v) is 7.68. The van der Waals surface area contributed by atoms with Crippen molar-refractivity contribution in [3.8, 4) is 6.07 Å². The second-order valence-electron chi connectivity index (χ2n) is 5.79. The Kier molecular flexibility index (Phi) is 4.38. The summed E-state index contributed by atoms with van der Waals surface area (Å²) in [5, 5.41) is 22.3. The lowest BCUT2D eigenvalue weighted by Crippen LogP contribution is -2.15. The number of nitriles is 1. The lowest BCUT2D eigenvalue weighted by atomic mass is 10.0. The van der Waals surface area contributed by atoms with Crippen LogP contribution in [0.15, 0.2) is 48.5 Å². The molecule has 0 aromatic heterocycles. The number of hydrogen-bond donors (Lipinski definition) is 2. The van der Waals surface area contributed by atoms with Gasteiger partial charge in [-0.15, -0.1) is 0 Å². The van der Waals surface area contributed by atoms with Crippen molar-refractivity contribution in [1.82, 2.24) is 0 Å². The third-order valence-corrected chi connectivity index (χ3v) is 4.03. The predicted octanol–water partition coefficient (Wildman–Crippen LogP) is 4.11. The van der Waals surface area contributed by atoms with E-state index in [9.17, 15) is 19.1 Å². The van der Waals surface area contributed by atoms with E-state index in [0.29, 0.717) is 21.9 Å². The highest BCUT2D eigenvalue weighted by atomic mass is 19.1. The summed E-state index contributed by atoms with van der Waals surface area (Å²) in [6.07, 6.45) is 0. The molecule has 0 unspecified atom stereocenters. The fourth-order valence-electron chi connectivity index (χ4n) is 2.66. The molecule has 0 saturated carbocycles. The summed E-state index contributed by atoms with van der Waals surface area (Å²) in [5.41, 5.74) is 1.04. The number of nitrogens with one attached hydrogen (secondary N) is 1. The molecular formula is C20H13FN2O3.